The van der Waals surface area contributed by atoms with Crippen molar-refractivity contribution in [3.63, 3.8) is 0 Å². The van der Waals surface area contributed by atoms with E-state index >= 15 is 0 Å². The summed E-state index contributed by atoms with van der Waals surface area (Å²) in [5.41, 5.74) is 7.09. The molecule has 2 amide bonds. The highest BCUT2D eigenvalue weighted by atomic mass is 32.2. The number of thioether (sulfide) groups is 1. The van der Waals surface area contributed by atoms with Gasteiger partial charge in [-0.3, -0.25) is 14.6 Å². The largest absolute Gasteiger partial charge is 0.497 e. The fraction of sp³-hybridized carbons (Fsp3) is 0.458. The number of esters is 1. The molecule has 2 fully saturated rings. The standard InChI is InChI=1S/C48H58N4O8S/c1-51-19-18-32-25-41(57-5)44(27-35(32)37(51)21-29-11-14-33(55-3)15-12-29)59-43-23-30(22-38-34-26-42(58-6)40(56-4)24-31(34)17-20-52(38)2)13-16-39(43)60-46(53)10-8-7-9-45-47-36(28-61-45)49-48(54)50-47/h11-16,23-27,36-38,45,47H,7-10,17-22,28H2,1-6H3,(H2,49,50,54)/t36-,37+,38-,45-,47-/m0/s1. The molecule has 4 heterocycles. The van der Waals surface area contributed by atoms with Crippen LogP contribution in [0.3, 0.4) is 0 Å². The van der Waals surface area contributed by atoms with Crippen LogP contribution in [0.5, 0.6) is 40.2 Å². The Balaban J connectivity index is 1.06. The maximum atomic E-state index is 13.5. The second-order valence-corrected chi connectivity index (χ2v) is 17.9. The highest BCUT2D eigenvalue weighted by Crippen LogP contribution is 2.45. The van der Waals surface area contributed by atoms with Crippen molar-refractivity contribution in [3.8, 4) is 40.2 Å². The number of unbranched alkanes of at least 4 members (excludes halogenated alkanes) is 1. The highest BCUT2D eigenvalue weighted by Gasteiger charge is 2.42. The molecule has 4 aromatic carbocycles. The van der Waals surface area contributed by atoms with E-state index in [-0.39, 0.29) is 42.6 Å². The molecule has 0 unspecified atom stereocenters. The number of hydrogen-bond donors (Lipinski definition) is 2. The summed E-state index contributed by atoms with van der Waals surface area (Å²) in [4.78, 5) is 30.1. The second-order valence-electron chi connectivity index (χ2n) is 16.6. The Bertz CT molecular complexity index is 2220. The molecule has 4 aliphatic rings. The number of fused-ring (bicyclic) bond motifs is 3. The van der Waals surface area contributed by atoms with Crippen molar-refractivity contribution in [2.75, 3.05) is 61.4 Å². The lowest BCUT2D eigenvalue weighted by Gasteiger charge is -2.35. The summed E-state index contributed by atoms with van der Waals surface area (Å²) < 4.78 is 35.8. The zero-order chi connectivity index (χ0) is 42.6. The number of carbonyl (C=O) groups excluding carboxylic acids is 2. The van der Waals surface area contributed by atoms with E-state index in [0.717, 1.165) is 68.0 Å². The van der Waals surface area contributed by atoms with E-state index < -0.39 is 0 Å². The molecule has 12 nitrogen and oxygen atoms in total. The van der Waals surface area contributed by atoms with Gasteiger partial charge in [0.1, 0.15) is 5.75 Å². The highest BCUT2D eigenvalue weighted by molar-refractivity contribution is 8.00. The summed E-state index contributed by atoms with van der Waals surface area (Å²) >= 11 is 1.88. The van der Waals surface area contributed by atoms with Crippen LogP contribution in [-0.4, -0.2) is 101 Å². The molecule has 324 valence electrons. The molecule has 13 heteroatoms. The van der Waals surface area contributed by atoms with Crippen molar-refractivity contribution >= 4 is 23.8 Å². The van der Waals surface area contributed by atoms with Gasteiger partial charge in [0.05, 0.1) is 40.5 Å². The Hall–Kier alpha value is -5.11. The number of hydrogen-bond acceptors (Lipinski definition) is 11. The average molecular weight is 851 g/mol. The molecule has 0 saturated carbocycles. The maximum absolute atomic E-state index is 13.5. The SMILES string of the molecule is COc1ccc(C[C@@H]2c3cc(Oc4cc(C[C@H]5c6cc(OC)c(OC)cc6CCN5C)ccc4OC(=O)CCCC[C@@H]4SC[C@@H]5NC(=O)N[C@@H]54)c(OC)cc3CCN2C)cc1. The van der Waals surface area contributed by atoms with Crippen LogP contribution in [0.4, 0.5) is 4.79 Å². The Kier molecular flexibility index (Phi) is 13.2. The first-order chi connectivity index (χ1) is 29.6. The van der Waals surface area contributed by atoms with Gasteiger partial charge >= 0.3 is 12.0 Å². The van der Waals surface area contributed by atoms with Crippen LogP contribution in [-0.2, 0) is 30.5 Å². The Labute approximate surface area is 363 Å². The number of methoxy groups -OCH3 is 4. The van der Waals surface area contributed by atoms with Gasteiger partial charge in [-0.15, -0.1) is 0 Å². The lowest BCUT2D eigenvalue weighted by molar-refractivity contribution is -0.134. The molecule has 2 saturated heterocycles. The molecule has 0 aromatic heterocycles. The lowest BCUT2D eigenvalue weighted by Crippen LogP contribution is -2.36. The molecule has 0 spiro atoms. The fourth-order valence-electron chi connectivity index (χ4n) is 9.36. The number of urea groups is 1. The normalized spacial score (nSPS) is 22.0. The van der Waals surface area contributed by atoms with E-state index in [1.807, 2.05) is 42.1 Å². The van der Waals surface area contributed by atoms with Crippen molar-refractivity contribution in [1.82, 2.24) is 20.4 Å². The quantitative estimate of drug-likeness (QED) is 0.0500. The van der Waals surface area contributed by atoms with E-state index in [1.54, 1.807) is 28.4 Å². The third kappa shape index (κ3) is 9.39. The topological polar surface area (TPSA) is 120 Å². The van der Waals surface area contributed by atoms with Crippen LogP contribution in [0, 0.1) is 0 Å². The van der Waals surface area contributed by atoms with E-state index in [2.05, 4.69) is 70.9 Å². The molecule has 2 N–H and O–H groups in total. The van der Waals surface area contributed by atoms with Gasteiger partial charge in [-0.05, 0) is 135 Å². The predicted molar refractivity (Wildman–Crippen MR) is 237 cm³/mol. The summed E-state index contributed by atoms with van der Waals surface area (Å²) in [5.74, 6) is 4.86. The van der Waals surface area contributed by atoms with Gasteiger partial charge in [0.25, 0.3) is 0 Å². The van der Waals surface area contributed by atoms with E-state index in [1.165, 1.54) is 27.8 Å². The lowest BCUT2D eigenvalue weighted by atomic mass is 9.88. The van der Waals surface area contributed by atoms with E-state index in [4.69, 9.17) is 28.4 Å². The Morgan fingerprint density at radius 3 is 1.93 bits per heavy atom. The maximum Gasteiger partial charge on any atom is 0.315 e. The van der Waals surface area contributed by atoms with Gasteiger partial charge < -0.3 is 39.1 Å². The van der Waals surface area contributed by atoms with Crippen LogP contribution >= 0.6 is 11.8 Å². The van der Waals surface area contributed by atoms with Gasteiger partial charge in [0, 0.05) is 42.6 Å². The average Bonchev–Trinajstić information content (AvgIpc) is 3.83. The molecule has 0 bridgehead atoms. The number of ether oxygens (including phenoxy) is 6. The minimum absolute atomic E-state index is 0.0685. The molecule has 8 rings (SSSR count). The number of amides is 2. The van der Waals surface area contributed by atoms with Crippen molar-refractivity contribution < 1.29 is 38.0 Å². The number of carbonyl (C=O) groups is 2. The zero-order valence-corrected chi connectivity index (χ0v) is 36.9. The van der Waals surface area contributed by atoms with Crippen molar-refractivity contribution in [2.24, 2.45) is 0 Å². The van der Waals surface area contributed by atoms with Gasteiger partial charge in [-0.1, -0.05) is 24.6 Å². The second kappa shape index (κ2) is 18.9. The van der Waals surface area contributed by atoms with Gasteiger partial charge in [0.15, 0.2) is 34.5 Å². The fourth-order valence-corrected chi connectivity index (χ4v) is 10.9. The number of benzene rings is 4. The van der Waals surface area contributed by atoms with Crippen molar-refractivity contribution in [3.05, 3.63) is 100 Å². The molecular formula is C48H58N4O8S. The van der Waals surface area contributed by atoms with Crippen LogP contribution in [0.15, 0.2) is 66.7 Å². The van der Waals surface area contributed by atoms with Crippen LogP contribution in [0.25, 0.3) is 0 Å². The van der Waals surface area contributed by atoms with Gasteiger partial charge in [-0.25, -0.2) is 4.79 Å². The molecule has 5 atom stereocenters. The third-order valence-electron chi connectivity index (χ3n) is 12.8. The predicted octanol–water partition coefficient (Wildman–Crippen LogP) is 7.69. The number of nitrogens with zero attached hydrogens (tertiary/aromatic N) is 2. The van der Waals surface area contributed by atoms with Gasteiger partial charge in [-0.2, -0.15) is 11.8 Å². The number of nitrogens with one attached hydrogen (secondary N) is 2. The Morgan fingerprint density at radius 2 is 1.28 bits per heavy atom. The monoisotopic (exact) mass is 850 g/mol. The number of rotatable bonds is 16. The zero-order valence-electron chi connectivity index (χ0n) is 36.1. The molecule has 0 radical (unpaired) electrons. The summed E-state index contributed by atoms with van der Waals surface area (Å²) in [7, 11) is 11.0. The van der Waals surface area contributed by atoms with Crippen LogP contribution in [0.1, 0.15) is 71.1 Å². The smallest absolute Gasteiger partial charge is 0.315 e. The van der Waals surface area contributed by atoms with Crippen LogP contribution < -0.4 is 39.1 Å². The summed E-state index contributed by atoms with van der Waals surface area (Å²) in [6.07, 6.45) is 6.05. The molecule has 0 aliphatic carbocycles. The molecule has 4 aliphatic heterocycles. The molecular weight excluding hydrogens is 793 g/mol. The minimum Gasteiger partial charge on any atom is -0.497 e. The first-order valence-corrected chi connectivity index (χ1v) is 22.4. The molecule has 61 heavy (non-hydrogen) atoms. The van der Waals surface area contributed by atoms with Gasteiger partial charge in [0.2, 0.25) is 0 Å². The third-order valence-corrected chi connectivity index (χ3v) is 14.4. The molecule has 4 aromatic rings. The first kappa shape index (κ1) is 42.6. The van der Waals surface area contributed by atoms with Crippen LogP contribution in [0.2, 0.25) is 0 Å². The van der Waals surface area contributed by atoms with E-state index in [9.17, 15) is 9.59 Å². The first-order valence-electron chi connectivity index (χ1n) is 21.3. The summed E-state index contributed by atoms with van der Waals surface area (Å²) in [6.45, 7) is 1.82. The Morgan fingerprint density at radius 1 is 0.689 bits per heavy atom. The summed E-state index contributed by atoms with van der Waals surface area (Å²) in [5, 5.41) is 6.40. The van der Waals surface area contributed by atoms with Crippen molar-refractivity contribution in [1.29, 1.82) is 0 Å². The van der Waals surface area contributed by atoms with E-state index in [0.29, 0.717) is 46.8 Å². The summed E-state index contributed by atoms with van der Waals surface area (Å²) in [6, 6.07) is 23.0. The van der Waals surface area contributed by atoms with Crippen molar-refractivity contribution in [2.45, 2.75) is 80.8 Å². The number of likely N-dealkylation sites (N-methyl/N-ethyl adjacent to an activating group) is 2. The minimum atomic E-state index is -0.314.